The predicted octanol–water partition coefficient (Wildman–Crippen LogP) is 1.55. The molecular weight excluding hydrogens is 241 g/mol. The van der Waals surface area contributed by atoms with Crippen LogP contribution in [-0.2, 0) is 16.0 Å². The van der Waals surface area contributed by atoms with Gasteiger partial charge in [0, 0.05) is 0 Å². The van der Waals surface area contributed by atoms with Gasteiger partial charge in [-0.05, 0) is 0 Å². The fourth-order valence-corrected chi connectivity index (χ4v) is 1.39. The number of carbonyl (C=O) groups is 1. The molecule has 0 spiro atoms. The van der Waals surface area contributed by atoms with Gasteiger partial charge in [0.05, 0.1) is 0 Å². The number of rotatable bonds is 5. The van der Waals surface area contributed by atoms with Gasteiger partial charge in [0.2, 0.25) is 0 Å². The summed E-state index contributed by atoms with van der Waals surface area (Å²) in [7, 11) is 2.35. The number of hydrogen-bond donors (Lipinski definition) is 0. The molecular formula is C11H11BF2N2O2. The Morgan fingerprint density at radius 3 is 2.56 bits per heavy atom. The molecule has 7 heteroatoms. The Balaban J connectivity index is 2.91. The third-order valence-electron chi connectivity index (χ3n) is 2.11. The van der Waals surface area contributed by atoms with Crippen molar-refractivity contribution in [2.75, 3.05) is 7.11 Å². The molecule has 18 heavy (non-hydrogen) atoms. The summed E-state index contributed by atoms with van der Waals surface area (Å²) in [6, 6.07) is 2.06. The summed E-state index contributed by atoms with van der Waals surface area (Å²) in [6.45, 7) is 3.32. The van der Waals surface area contributed by atoms with Gasteiger partial charge < -0.3 is 0 Å². The van der Waals surface area contributed by atoms with Gasteiger partial charge in [0.15, 0.2) is 0 Å². The van der Waals surface area contributed by atoms with Crippen molar-refractivity contribution in [2.45, 2.75) is 12.5 Å². The third kappa shape index (κ3) is 4.16. The maximum absolute atomic E-state index is 13.0. The molecule has 0 aliphatic carbocycles. The van der Waals surface area contributed by atoms with E-state index < -0.39 is 23.6 Å². The van der Waals surface area contributed by atoms with Crippen LogP contribution in [0.2, 0.25) is 0 Å². The van der Waals surface area contributed by atoms with E-state index in [4.69, 9.17) is 0 Å². The second-order valence-electron chi connectivity index (χ2n) is 3.43. The SMILES string of the molecule is C=BN=N[C@@H](Cc1cc(F)cc(F)c1)C(=O)OC. The fraction of sp³-hybridized carbons (Fsp3) is 0.273. The summed E-state index contributed by atoms with van der Waals surface area (Å²) in [5.41, 5.74) is 0.297. The van der Waals surface area contributed by atoms with Crippen molar-refractivity contribution < 1.29 is 18.3 Å². The van der Waals surface area contributed by atoms with Crippen LogP contribution in [0.25, 0.3) is 0 Å². The van der Waals surface area contributed by atoms with E-state index in [2.05, 4.69) is 21.3 Å². The minimum atomic E-state index is -0.950. The monoisotopic (exact) mass is 252 g/mol. The van der Waals surface area contributed by atoms with Crippen LogP contribution < -0.4 is 0 Å². The second-order valence-corrected chi connectivity index (χ2v) is 3.43. The van der Waals surface area contributed by atoms with Crippen molar-refractivity contribution in [2.24, 2.45) is 10.1 Å². The van der Waals surface area contributed by atoms with Crippen molar-refractivity contribution in [3.8, 4) is 0 Å². The van der Waals surface area contributed by atoms with Crippen LogP contribution in [0, 0.1) is 11.6 Å². The van der Waals surface area contributed by atoms with E-state index in [0.29, 0.717) is 5.56 Å². The first kappa shape index (κ1) is 14.1. The standard InChI is InChI=1S/C11H11BF2N2O2/c1-12-16-15-10(11(17)18-2)5-7-3-8(13)6-9(14)4-7/h3-4,6,10H,1,5H2,2H3/t10-/m0/s1. The average molecular weight is 252 g/mol. The topological polar surface area (TPSA) is 51.0 Å². The summed E-state index contributed by atoms with van der Waals surface area (Å²) in [4.78, 5) is 11.4. The molecule has 0 unspecified atom stereocenters. The van der Waals surface area contributed by atoms with E-state index >= 15 is 0 Å². The molecule has 0 N–H and O–H groups in total. The average Bonchev–Trinajstić information content (AvgIpc) is 2.32. The van der Waals surface area contributed by atoms with Gasteiger partial charge in [-0.25, -0.2) is 0 Å². The van der Waals surface area contributed by atoms with Gasteiger partial charge in [-0.3, -0.25) is 0 Å². The van der Waals surface area contributed by atoms with E-state index in [-0.39, 0.29) is 6.42 Å². The molecule has 0 heterocycles. The van der Waals surface area contributed by atoms with Crippen LogP contribution in [0.5, 0.6) is 0 Å². The third-order valence-corrected chi connectivity index (χ3v) is 2.11. The van der Waals surface area contributed by atoms with Gasteiger partial charge in [-0.2, -0.15) is 0 Å². The molecule has 1 atom stereocenters. The van der Waals surface area contributed by atoms with E-state index in [0.717, 1.165) is 25.3 Å². The quantitative estimate of drug-likeness (QED) is 0.453. The van der Waals surface area contributed by atoms with Crippen molar-refractivity contribution in [1.82, 2.24) is 0 Å². The Morgan fingerprint density at radius 2 is 2.06 bits per heavy atom. The number of benzene rings is 1. The Kier molecular flexibility index (Phi) is 5.29. The first-order chi connectivity index (χ1) is 8.56. The molecule has 0 saturated carbocycles. The molecule has 0 aromatic heterocycles. The van der Waals surface area contributed by atoms with Gasteiger partial charge in [-0.15, -0.1) is 0 Å². The van der Waals surface area contributed by atoms with Crippen LogP contribution in [0.3, 0.4) is 0 Å². The Bertz CT molecular complexity index is 460. The normalized spacial score (nSPS) is 12.2. The molecule has 0 amide bonds. The summed E-state index contributed by atoms with van der Waals surface area (Å²) in [5.74, 6) is -2.06. The number of ether oxygens (including phenoxy) is 1. The van der Waals surface area contributed by atoms with Gasteiger partial charge in [0.1, 0.15) is 0 Å². The molecule has 0 radical (unpaired) electrons. The summed E-state index contributed by atoms with van der Waals surface area (Å²) in [6.07, 6.45) is -0.00130. The van der Waals surface area contributed by atoms with E-state index in [9.17, 15) is 13.6 Å². The first-order valence-corrected chi connectivity index (χ1v) is 5.10. The molecule has 1 rings (SSSR count). The van der Waals surface area contributed by atoms with Crippen molar-refractivity contribution >= 4 is 19.5 Å². The number of nitrogens with zero attached hydrogens (tertiary/aromatic N) is 2. The summed E-state index contributed by atoms with van der Waals surface area (Å²) < 4.78 is 30.5. The second kappa shape index (κ2) is 6.73. The molecule has 1 aromatic rings. The molecule has 4 nitrogen and oxygen atoms in total. The number of carbonyl (C=O) groups excluding carboxylic acids is 1. The molecule has 94 valence electrons. The van der Waals surface area contributed by atoms with E-state index in [1.807, 2.05) is 0 Å². The summed E-state index contributed by atoms with van der Waals surface area (Å²) >= 11 is 0. The van der Waals surface area contributed by atoms with Gasteiger partial charge in [-0.1, -0.05) is 0 Å². The predicted molar refractivity (Wildman–Crippen MR) is 63.6 cm³/mol. The maximum atomic E-state index is 13.0. The Hall–Kier alpha value is -1.92. The number of hydrogen-bond acceptors (Lipinski definition) is 4. The van der Waals surface area contributed by atoms with Gasteiger partial charge >= 0.3 is 103 Å². The van der Waals surface area contributed by atoms with Crippen LogP contribution in [0.1, 0.15) is 5.56 Å². The Morgan fingerprint density at radius 1 is 1.44 bits per heavy atom. The molecule has 0 fully saturated rings. The van der Waals surface area contributed by atoms with Crippen LogP contribution in [0.15, 0.2) is 28.3 Å². The van der Waals surface area contributed by atoms with Crippen molar-refractivity contribution in [3.63, 3.8) is 0 Å². The van der Waals surface area contributed by atoms with E-state index in [1.165, 1.54) is 7.11 Å². The zero-order chi connectivity index (χ0) is 13.5. The zero-order valence-electron chi connectivity index (χ0n) is 9.77. The summed E-state index contributed by atoms with van der Waals surface area (Å²) in [5, 5.41) is 7.14. The molecule has 1 aromatic carbocycles. The molecule has 0 aliphatic heterocycles. The minimum absolute atomic E-state index is 0.00130. The van der Waals surface area contributed by atoms with Crippen molar-refractivity contribution in [1.29, 1.82) is 0 Å². The number of halogens is 2. The first-order valence-electron chi connectivity index (χ1n) is 5.10. The zero-order valence-corrected chi connectivity index (χ0v) is 9.77. The van der Waals surface area contributed by atoms with Crippen molar-refractivity contribution in [3.05, 3.63) is 35.4 Å². The van der Waals surface area contributed by atoms with E-state index in [1.54, 1.807) is 0 Å². The molecule has 0 bridgehead atoms. The van der Waals surface area contributed by atoms with Gasteiger partial charge in [0.25, 0.3) is 0 Å². The number of methoxy groups -OCH3 is 1. The van der Waals surface area contributed by atoms with Crippen LogP contribution in [-0.4, -0.2) is 32.6 Å². The molecule has 0 saturated heterocycles. The Labute approximate surface area is 104 Å². The fourth-order valence-electron chi connectivity index (χ4n) is 1.39. The van der Waals surface area contributed by atoms with Crippen LogP contribution >= 0.6 is 0 Å². The number of esters is 1. The van der Waals surface area contributed by atoms with Crippen LogP contribution in [0.4, 0.5) is 8.78 Å². The molecule has 0 aliphatic rings.